The maximum Gasteiger partial charge on any atom is 0.342 e. The van der Waals surface area contributed by atoms with E-state index >= 15 is 0 Å². The molecule has 0 bridgehead atoms. The van der Waals surface area contributed by atoms with Gasteiger partial charge in [-0.3, -0.25) is 4.79 Å². The van der Waals surface area contributed by atoms with E-state index in [1.165, 1.54) is 6.07 Å². The van der Waals surface area contributed by atoms with Crippen LogP contribution in [0.5, 0.6) is 5.75 Å². The number of amides is 1. The molecule has 0 aliphatic heterocycles. The van der Waals surface area contributed by atoms with E-state index in [2.05, 4.69) is 21.2 Å². The van der Waals surface area contributed by atoms with Crippen LogP contribution in [0.3, 0.4) is 0 Å². The molecule has 2 aromatic rings. The SMILES string of the molecule is Cc1ccc(CNC(=O)COC(=O)c2cc(C)cc(Br)c2O)cc1. The number of rotatable bonds is 5. The lowest BCUT2D eigenvalue weighted by Gasteiger charge is -2.09. The van der Waals surface area contributed by atoms with E-state index in [9.17, 15) is 14.7 Å². The molecule has 6 heteroatoms. The summed E-state index contributed by atoms with van der Waals surface area (Å²) in [5.74, 6) is -1.36. The Hall–Kier alpha value is -2.34. The van der Waals surface area contributed by atoms with Crippen LogP contribution in [-0.2, 0) is 16.1 Å². The lowest BCUT2D eigenvalue weighted by Crippen LogP contribution is -2.28. The first-order valence-corrected chi connectivity index (χ1v) is 8.14. The second-order valence-electron chi connectivity index (χ2n) is 5.48. The third-order valence-electron chi connectivity index (χ3n) is 3.37. The standard InChI is InChI=1S/C18H18BrNO4/c1-11-3-5-13(6-4-11)9-20-16(21)10-24-18(23)14-7-12(2)8-15(19)17(14)22/h3-8,22H,9-10H2,1-2H3,(H,20,21). The first-order valence-electron chi connectivity index (χ1n) is 7.35. The van der Waals surface area contributed by atoms with Crippen LogP contribution in [0.25, 0.3) is 0 Å². The largest absolute Gasteiger partial charge is 0.506 e. The maximum absolute atomic E-state index is 12.0. The lowest BCUT2D eigenvalue weighted by atomic mass is 10.1. The van der Waals surface area contributed by atoms with Crippen molar-refractivity contribution >= 4 is 27.8 Å². The highest BCUT2D eigenvalue weighted by molar-refractivity contribution is 9.10. The van der Waals surface area contributed by atoms with Crippen LogP contribution in [0.2, 0.25) is 0 Å². The zero-order valence-electron chi connectivity index (χ0n) is 13.4. The summed E-state index contributed by atoms with van der Waals surface area (Å²) in [7, 11) is 0. The van der Waals surface area contributed by atoms with Crippen molar-refractivity contribution in [1.29, 1.82) is 0 Å². The number of ether oxygens (including phenoxy) is 1. The predicted octanol–water partition coefficient (Wildman–Crippen LogP) is 3.24. The van der Waals surface area contributed by atoms with E-state index in [1.807, 2.05) is 31.2 Å². The van der Waals surface area contributed by atoms with Crippen molar-refractivity contribution in [3.8, 4) is 5.75 Å². The van der Waals surface area contributed by atoms with Gasteiger partial charge in [-0.25, -0.2) is 4.79 Å². The molecular weight excluding hydrogens is 374 g/mol. The molecular formula is C18H18BrNO4. The van der Waals surface area contributed by atoms with Gasteiger partial charge in [0.15, 0.2) is 6.61 Å². The van der Waals surface area contributed by atoms with Crippen molar-refractivity contribution in [2.45, 2.75) is 20.4 Å². The normalized spacial score (nSPS) is 10.3. The molecule has 2 N–H and O–H groups in total. The lowest BCUT2D eigenvalue weighted by molar-refractivity contribution is -0.124. The minimum absolute atomic E-state index is 0.0215. The van der Waals surface area contributed by atoms with Gasteiger partial charge in [-0.15, -0.1) is 0 Å². The van der Waals surface area contributed by atoms with Gasteiger partial charge < -0.3 is 15.2 Å². The van der Waals surface area contributed by atoms with Crippen molar-refractivity contribution in [2.75, 3.05) is 6.61 Å². The zero-order chi connectivity index (χ0) is 17.7. The van der Waals surface area contributed by atoms with Gasteiger partial charge in [0.1, 0.15) is 11.3 Å². The molecule has 2 rings (SSSR count). The fourth-order valence-electron chi connectivity index (χ4n) is 2.06. The number of carbonyl (C=O) groups excluding carboxylic acids is 2. The Balaban J connectivity index is 1.87. The molecule has 1 amide bonds. The van der Waals surface area contributed by atoms with Crippen molar-refractivity contribution in [2.24, 2.45) is 0 Å². The number of hydrogen-bond acceptors (Lipinski definition) is 4. The van der Waals surface area contributed by atoms with Crippen molar-refractivity contribution in [3.63, 3.8) is 0 Å². The number of benzene rings is 2. The number of aromatic hydroxyl groups is 1. The molecule has 0 saturated heterocycles. The summed E-state index contributed by atoms with van der Waals surface area (Å²) in [5, 5.41) is 12.6. The second kappa shape index (κ2) is 7.97. The summed E-state index contributed by atoms with van der Waals surface area (Å²) in [5.41, 5.74) is 2.91. The third-order valence-corrected chi connectivity index (χ3v) is 3.98. The Morgan fingerprint density at radius 2 is 1.79 bits per heavy atom. The number of phenolic OH excluding ortho intramolecular Hbond substituents is 1. The highest BCUT2D eigenvalue weighted by Crippen LogP contribution is 2.29. The number of phenols is 1. The van der Waals surface area contributed by atoms with Crippen LogP contribution in [0.15, 0.2) is 40.9 Å². The summed E-state index contributed by atoms with van der Waals surface area (Å²) in [4.78, 5) is 23.8. The Morgan fingerprint density at radius 1 is 1.12 bits per heavy atom. The molecule has 0 heterocycles. The van der Waals surface area contributed by atoms with Crippen molar-refractivity contribution in [1.82, 2.24) is 5.32 Å². The quantitative estimate of drug-likeness (QED) is 0.767. The van der Waals surface area contributed by atoms with Gasteiger partial charge >= 0.3 is 5.97 Å². The molecule has 24 heavy (non-hydrogen) atoms. The van der Waals surface area contributed by atoms with E-state index in [4.69, 9.17) is 4.74 Å². The molecule has 0 spiro atoms. The van der Waals surface area contributed by atoms with E-state index in [1.54, 1.807) is 13.0 Å². The molecule has 5 nitrogen and oxygen atoms in total. The van der Waals surface area contributed by atoms with Gasteiger partial charge in [-0.1, -0.05) is 29.8 Å². The van der Waals surface area contributed by atoms with Crippen molar-refractivity contribution < 1.29 is 19.4 Å². The van der Waals surface area contributed by atoms with Crippen LogP contribution < -0.4 is 5.32 Å². The van der Waals surface area contributed by atoms with Gasteiger partial charge in [-0.2, -0.15) is 0 Å². The van der Waals surface area contributed by atoms with Crippen LogP contribution in [-0.4, -0.2) is 23.6 Å². The molecule has 2 aromatic carbocycles. The molecule has 0 fully saturated rings. The summed E-state index contributed by atoms with van der Waals surface area (Å²) in [6.07, 6.45) is 0. The van der Waals surface area contributed by atoms with Crippen LogP contribution in [0.4, 0.5) is 0 Å². The van der Waals surface area contributed by atoms with E-state index in [0.29, 0.717) is 11.0 Å². The average Bonchev–Trinajstić information content (AvgIpc) is 2.55. The first-order chi connectivity index (χ1) is 11.4. The predicted molar refractivity (Wildman–Crippen MR) is 93.9 cm³/mol. The van der Waals surface area contributed by atoms with E-state index < -0.39 is 18.5 Å². The van der Waals surface area contributed by atoms with Gasteiger partial charge in [0.2, 0.25) is 0 Å². The number of halogens is 1. The first kappa shape index (κ1) is 18.0. The summed E-state index contributed by atoms with van der Waals surface area (Å²) < 4.78 is 5.36. The van der Waals surface area contributed by atoms with Crippen molar-refractivity contribution in [3.05, 3.63) is 63.1 Å². The van der Waals surface area contributed by atoms with Gasteiger partial charge in [-0.05, 0) is 53.0 Å². The molecule has 0 saturated carbocycles. The fraction of sp³-hybridized carbons (Fsp3) is 0.222. The van der Waals surface area contributed by atoms with E-state index in [-0.39, 0.29) is 11.3 Å². The van der Waals surface area contributed by atoms with E-state index in [0.717, 1.165) is 16.7 Å². The van der Waals surface area contributed by atoms with Crippen LogP contribution in [0, 0.1) is 13.8 Å². The highest BCUT2D eigenvalue weighted by Gasteiger charge is 2.17. The summed E-state index contributed by atoms with van der Waals surface area (Å²) >= 11 is 3.16. The maximum atomic E-state index is 12.0. The molecule has 0 aliphatic rings. The second-order valence-corrected chi connectivity index (χ2v) is 6.34. The zero-order valence-corrected chi connectivity index (χ0v) is 15.0. The topological polar surface area (TPSA) is 75.6 Å². The summed E-state index contributed by atoms with van der Waals surface area (Å²) in [6, 6.07) is 10.9. The minimum Gasteiger partial charge on any atom is -0.506 e. The van der Waals surface area contributed by atoms with Gasteiger partial charge in [0.05, 0.1) is 4.47 Å². The van der Waals surface area contributed by atoms with Crippen LogP contribution >= 0.6 is 15.9 Å². The smallest absolute Gasteiger partial charge is 0.342 e. The Bertz CT molecular complexity index is 756. The summed E-state index contributed by atoms with van der Waals surface area (Å²) in [6.45, 7) is 3.73. The third kappa shape index (κ3) is 4.83. The van der Waals surface area contributed by atoms with Gasteiger partial charge in [0.25, 0.3) is 5.91 Å². The monoisotopic (exact) mass is 391 g/mol. The molecule has 0 radical (unpaired) electrons. The molecule has 0 aliphatic carbocycles. The molecule has 0 unspecified atom stereocenters. The molecule has 126 valence electrons. The molecule has 0 atom stereocenters. The highest BCUT2D eigenvalue weighted by atomic mass is 79.9. The Labute approximate surface area is 148 Å². The number of carbonyl (C=O) groups is 2. The minimum atomic E-state index is -0.748. The average molecular weight is 392 g/mol. The number of esters is 1. The number of hydrogen-bond donors (Lipinski definition) is 2. The number of nitrogens with one attached hydrogen (secondary N) is 1. The van der Waals surface area contributed by atoms with Gasteiger partial charge in [0, 0.05) is 6.54 Å². The molecule has 0 aromatic heterocycles. The Kier molecular flexibility index (Phi) is 5.98. The van der Waals surface area contributed by atoms with Crippen LogP contribution in [0.1, 0.15) is 27.0 Å². The fourth-order valence-corrected chi connectivity index (χ4v) is 2.63. The Morgan fingerprint density at radius 3 is 2.46 bits per heavy atom. The number of aryl methyl sites for hydroxylation is 2.